The van der Waals surface area contributed by atoms with Crippen LogP contribution < -0.4 is 10.6 Å². The van der Waals surface area contributed by atoms with Crippen LogP contribution in [0.1, 0.15) is 31.4 Å². The number of guanidine groups is 1. The zero-order valence-corrected chi connectivity index (χ0v) is 16.6. The fourth-order valence-corrected chi connectivity index (χ4v) is 2.87. The van der Waals surface area contributed by atoms with E-state index in [0.29, 0.717) is 6.54 Å². The van der Waals surface area contributed by atoms with E-state index in [2.05, 4.69) is 41.7 Å². The number of nitrogens with zero attached hydrogens (tertiary/aromatic N) is 4. The number of aryl methyl sites for hydroxylation is 1. The van der Waals surface area contributed by atoms with Crippen molar-refractivity contribution >= 4 is 5.96 Å². The first-order valence-corrected chi connectivity index (χ1v) is 9.46. The maximum Gasteiger partial charge on any atom is 0.191 e. The fourth-order valence-electron chi connectivity index (χ4n) is 2.87. The Kier molecular flexibility index (Phi) is 8.87. The molecule has 2 heterocycles. The zero-order chi connectivity index (χ0) is 18.8. The minimum absolute atomic E-state index is 0.199. The Morgan fingerprint density at radius 1 is 1.50 bits per heavy atom. The van der Waals surface area contributed by atoms with Crippen molar-refractivity contribution in [2.45, 2.75) is 31.9 Å². The first-order valence-electron chi connectivity index (χ1n) is 9.46. The summed E-state index contributed by atoms with van der Waals surface area (Å²) >= 11 is 0. The minimum atomic E-state index is 0.199. The third-order valence-corrected chi connectivity index (χ3v) is 4.35. The molecular weight excluding hydrogens is 332 g/mol. The molecule has 0 aliphatic carbocycles. The second kappa shape index (κ2) is 11.2. The first kappa shape index (κ1) is 20.7. The molecule has 0 saturated carbocycles. The number of aromatic nitrogens is 2. The van der Waals surface area contributed by atoms with Crippen molar-refractivity contribution in [2.75, 3.05) is 53.6 Å². The highest BCUT2D eigenvalue weighted by Gasteiger charge is 2.16. The molecular formula is C18H34N6O2. The Bertz CT molecular complexity index is 540. The molecule has 1 aromatic rings. The second-order valence-corrected chi connectivity index (χ2v) is 6.78. The predicted octanol–water partition coefficient (Wildman–Crippen LogP) is 0.774. The smallest absolute Gasteiger partial charge is 0.191 e. The summed E-state index contributed by atoms with van der Waals surface area (Å²) in [7, 11) is 6.07. The lowest BCUT2D eigenvalue weighted by Crippen LogP contribution is -2.39. The van der Waals surface area contributed by atoms with Gasteiger partial charge in [-0.25, -0.2) is 0 Å². The van der Waals surface area contributed by atoms with Crippen LogP contribution in [0.15, 0.2) is 17.4 Å². The van der Waals surface area contributed by atoms with E-state index in [1.807, 2.05) is 24.1 Å². The maximum absolute atomic E-state index is 5.79. The average molecular weight is 367 g/mol. The quantitative estimate of drug-likeness (QED) is 0.362. The van der Waals surface area contributed by atoms with Crippen LogP contribution in [-0.4, -0.2) is 80.3 Å². The van der Waals surface area contributed by atoms with Crippen LogP contribution in [0, 0.1) is 0 Å². The van der Waals surface area contributed by atoms with E-state index in [1.165, 1.54) is 5.56 Å². The summed E-state index contributed by atoms with van der Waals surface area (Å²) in [6.45, 7) is 6.72. The number of likely N-dealkylation sites (N-methyl/N-ethyl adjacent to an activating group) is 1. The van der Waals surface area contributed by atoms with Gasteiger partial charge in [-0.15, -0.1) is 0 Å². The van der Waals surface area contributed by atoms with Gasteiger partial charge in [0.2, 0.25) is 0 Å². The van der Waals surface area contributed by atoms with Gasteiger partial charge >= 0.3 is 0 Å². The van der Waals surface area contributed by atoms with E-state index in [0.717, 1.165) is 51.7 Å². The molecule has 1 aromatic heterocycles. The van der Waals surface area contributed by atoms with Gasteiger partial charge in [-0.1, -0.05) is 0 Å². The van der Waals surface area contributed by atoms with Gasteiger partial charge < -0.3 is 25.0 Å². The van der Waals surface area contributed by atoms with Crippen LogP contribution in [0.25, 0.3) is 0 Å². The topological polar surface area (TPSA) is 75.9 Å². The van der Waals surface area contributed by atoms with Gasteiger partial charge in [0.25, 0.3) is 0 Å². The molecule has 0 bridgehead atoms. The van der Waals surface area contributed by atoms with Gasteiger partial charge in [-0.2, -0.15) is 5.10 Å². The van der Waals surface area contributed by atoms with Gasteiger partial charge in [0.15, 0.2) is 5.96 Å². The molecule has 1 aliphatic heterocycles. The molecule has 2 N–H and O–H groups in total. The molecule has 2 atom stereocenters. The molecule has 2 rings (SSSR count). The van der Waals surface area contributed by atoms with Crippen molar-refractivity contribution in [1.82, 2.24) is 25.3 Å². The molecule has 0 radical (unpaired) electrons. The molecule has 0 aromatic carbocycles. The number of rotatable bonds is 10. The lowest BCUT2D eigenvalue weighted by molar-refractivity contribution is 0.0420. The van der Waals surface area contributed by atoms with E-state index in [1.54, 1.807) is 0 Å². The highest BCUT2D eigenvalue weighted by atomic mass is 16.5. The first-order chi connectivity index (χ1) is 12.6. The Hall–Kier alpha value is -1.64. The summed E-state index contributed by atoms with van der Waals surface area (Å²) in [5, 5.41) is 11.0. The van der Waals surface area contributed by atoms with Gasteiger partial charge in [0, 0.05) is 45.1 Å². The SMILES string of the molecule is CCNC(=NCC(c1cnn(C)c1)N(C)C)NCCCOC1CCOC1. The fraction of sp³-hybridized carbons (Fsp3) is 0.778. The molecule has 148 valence electrons. The molecule has 8 heteroatoms. The van der Waals surface area contributed by atoms with Crippen LogP contribution in [0.5, 0.6) is 0 Å². The van der Waals surface area contributed by atoms with Gasteiger partial charge in [-0.05, 0) is 33.9 Å². The van der Waals surface area contributed by atoms with Gasteiger partial charge in [-0.3, -0.25) is 9.67 Å². The summed E-state index contributed by atoms with van der Waals surface area (Å²) in [4.78, 5) is 6.92. The van der Waals surface area contributed by atoms with E-state index < -0.39 is 0 Å². The van der Waals surface area contributed by atoms with Crippen molar-refractivity contribution in [3.05, 3.63) is 18.0 Å². The highest BCUT2D eigenvalue weighted by molar-refractivity contribution is 5.79. The van der Waals surface area contributed by atoms with Crippen molar-refractivity contribution in [2.24, 2.45) is 12.0 Å². The third-order valence-electron chi connectivity index (χ3n) is 4.35. The van der Waals surface area contributed by atoms with Gasteiger partial charge in [0.1, 0.15) is 0 Å². The van der Waals surface area contributed by atoms with E-state index in [9.17, 15) is 0 Å². The predicted molar refractivity (Wildman–Crippen MR) is 103 cm³/mol. The van der Waals surface area contributed by atoms with Crippen molar-refractivity contribution in [3.63, 3.8) is 0 Å². The normalized spacial score (nSPS) is 19.1. The maximum atomic E-state index is 5.79. The summed E-state index contributed by atoms with van der Waals surface area (Å²) < 4.78 is 12.9. The van der Waals surface area contributed by atoms with E-state index in [4.69, 9.17) is 14.5 Å². The number of nitrogens with one attached hydrogen (secondary N) is 2. The summed E-state index contributed by atoms with van der Waals surface area (Å²) in [5.74, 6) is 0.840. The Morgan fingerprint density at radius 2 is 2.35 bits per heavy atom. The van der Waals surface area contributed by atoms with Crippen molar-refractivity contribution < 1.29 is 9.47 Å². The molecule has 0 amide bonds. The lowest BCUT2D eigenvalue weighted by atomic mass is 10.1. The molecule has 8 nitrogen and oxygen atoms in total. The molecule has 0 spiro atoms. The molecule has 26 heavy (non-hydrogen) atoms. The Morgan fingerprint density at radius 3 is 2.96 bits per heavy atom. The Labute approximate surface area is 156 Å². The van der Waals surface area contributed by atoms with Crippen molar-refractivity contribution in [3.8, 4) is 0 Å². The van der Waals surface area contributed by atoms with Crippen LogP contribution in [-0.2, 0) is 16.5 Å². The number of hydrogen-bond acceptors (Lipinski definition) is 5. The summed E-state index contributed by atoms with van der Waals surface area (Å²) in [5.41, 5.74) is 1.17. The largest absolute Gasteiger partial charge is 0.379 e. The second-order valence-electron chi connectivity index (χ2n) is 6.78. The Balaban J connectivity index is 1.78. The average Bonchev–Trinajstić information content (AvgIpc) is 3.26. The zero-order valence-electron chi connectivity index (χ0n) is 16.6. The third kappa shape index (κ3) is 6.93. The molecule has 1 saturated heterocycles. The van der Waals surface area contributed by atoms with E-state index >= 15 is 0 Å². The van der Waals surface area contributed by atoms with Crippen LogP contribution in [0.4, 0.5) is 0 Å². The van der Waals surface area contributed by atoms with Crippen LogP contribution in [0.2, 0.25) is 0 Å². The van der Waals surface area contributed by atoms with E-state index in [-0.39, 0.29) is 12.1 Å². The molecule has 2 unspecified atom stereocenters. The van der Waals surface area contributed by atoms with Gasteiger partial charge in [0.05, 0.1) is 31.5 Å². The standard InChI is InChI=1S/C18H34N6O2/c1-5-19-18(20-8-6-9-26-16-7-10-25-14-16)21-12-17(23(2)3)15-11-22-24(4)13-15/h11,13,16-17H,5-10,12,14H2,1-4H3,(H2,19,20,21). The number of ether oxygens (including phenoxy) is 2. The number of hydrogen-bond donors (Lipinski definition) is 2. The van der Waals surface area contributed by atoms with Crippen molar-refractivity contribution in [1.29, 1.82) is 0 Å². The van der Waals surface area contributed by atoms with Crippen LogP contribution in [0.3, 0.4) is 0 Å². The van der Waals surface area contributed by atoms with Crippen LogP contribution >= 0.6 is 0 Å². The summed E-state index contributed by atoms with van der Waals surface area (Å²) in [6.07, 6.45) is 6.19. The summed E-state index contributed by atoms with van der Waals surface area (Å²) in [6, 6.07) is 0.199. The lowest BCUT2D eigenvalue weighted by Gasteiger charge is -2.22. The molecule has 1 fully saturated rings. The minimum Gasteiger partial charge on any atom is -0.379 e. The monoisotopic (exact) mass is 366 g/mol. The molecule has 1 aliphatic rings. The number of aliphatic imine (C=N–C) groups is 1. The highest BCUT2D eigenvalue weighted by Crippen LogP contribution is 2.17.